The number of hydrogen-bond donors (Lipinski definition) is 1. The highest BCUT2D eigenvalue weighted by molar-refractivity contribution is 5.88. The third kappa shape index (κ3) is 3.04. The van der Waals surface area contributed by atoms with Gasteiger partial charge in [0.15, 0.2) is 5.79 Å². The van der Waals surface area contributed by atoms with E-state index in [1.807, 2.05) is 0 Å². The van der Waals surface area contributed by atoms with Crippen molar-refractivity contribution in [3.63, 3.8) is 0 Å². The lowest BCUT2D eigenvalue weighted by molar-refractivity contribution is -0.152. The Kier molecular flexibility index (Phi) is 4.07. The smallest absolute Gasteiger partial charge is 0.336 e. The van der Waals surface area contributed by atoms with E-state index < -0.39 is 24.0 Å². The second kappa shape index (κ2) is 4.95. The van der Waals surface area contributed by atoms with Crippen LogP contribution in [0.2, 0.25) is 0 Å². The summed E-state index contributed by atoms with van der Waals surface area (Å²) in [6.45, 7) is 9.16. The van der Waals surface area contributed by atoms with Crippen molar-refractivity contribution in [3.05, 3.63) is 12.2 Å². The van der Waals surface area contributed by atoms with Gasteiger partial charge in [-0.15, -0.1) is 0 Å². The van der Waals surface area contributed by atoms with Crippen molar-refractivity contribution < 1.29 is 24.1 Å². The molecule has 1 saturated heterocycles. The van der Waals surface area contributed by atoms with Crippen LogP contribution >= 0.6 is 0 Å². The first-order valence-electron chi connectivity index (χ1n) is 5.23. The second-order valence-electron chi connectivity index (χ2n) is 4.06. The molecule has 1 fully saturated rings. The van der Waals surface area contributed by atoms with E-state index in [9.17, 15) is 9.90 Å². The van der Waals surface area contributed by atoms with Crippen molar-refractivity contribution in [2.45, 2.75) is 38.8 Å². The van der Waals surface area contributed by atoms with Crippen LogP contribution < -0.4 is 0 Å². The SMILES string of the molecule is C=C(C(=O)OCC)C(O)[C@H]1COC(C)(C)O1. The molecule has 1 N–H and O–H groups in total. The zero-order valence-corrected chi connectivity index (χ0v) is 9.86. The van der Waals surface area contributed by atoms with Crippen molar-refractivity contribution in [2.75, 3.05) is 13.2 Å². The van der Waals surface area contributed by atoms with Gasteiger partial charge in [-0.05, 0) is 20.8 Å². The minimum atomic E-state index is -1.10. The van der Waals surface area contributed by atoms with Crippen LogP contribution in [0, 0.1) is 0 Å². The molecule has 0 aliphatic carbocycles. The summed E-state index contributed by atoms with van der Waals surface area (Å²) in [5.74, 6) is -1.34. The summed E-state index contributed by atoms with van der Waals surface area (Å²) in [6, 6.07) is 0. The Morgan fingerprint density at radius 3 is 2.75 bits per heavy atom. The first kappa shape index (κ1) is 13.2. The summed E-state index contributed by atoms with van der Waals surface area (Å²) >= 11 is 0. The van der Waals surface area contributed by atoms with E-state index in [0.717, 1.165) is 0 Å². The Morgan fingerprint density at radius 1 is 1.69 bits per heavy atom. The average Bonchev–Trinajstić information content (AvgIpc) is 2.57. The van der Waals surface area contributed by atoms with E-state index in [-0.39, 0.29) is 18.8 Å². The average molecular weight is 230 g/mol. The summed E-state index contributed by atoms with van der Waals surface area (Å²) in [5, 5.41) is 9.84. The number of esters is 1. The minimum absolute atomic E-state index is 0.00634. The van der Waals surface area contributed by atoms with Gasteiger partial charge in [-0.25, -0.2) is 4.79 Å². The highest BCUT2D eigenvalue weighted by Gasteiger charge is 2.39. The zero-order chi connectivity index (χ0) is 12.3. The third-order valence-corrected chi connectivity index (χ3v) is 2.28. The van der Waals surface area contributed by atoms with Crippen molar-refractivity contribution in [2.24, 2.45) is 0 Å². The molecule has 0 spiro atoms. The number of ether oxygens (including phenoxy) is 3. The Bertz CT molecular complexity index is 284. The lowest BCUT2D eigenvalue weighted by Crippen LogP contribution is -2.34. The predicted octanol–water partition coefficient (Wildman–Crippen LogP) is 0.618. The molecule has 0 bridgehead atoms. The minimum Gasteiger partial charge on any atom is -0.463 e. The quantitative estimate of drug-likeness (QED) is 0.566. The van der Waals surface area contributed by atoms with Crippen LogP contribution in [0.5, 0.6) is 0 Å². The monoisotopic (exact) mass is 230 g/mol. The van der Waals surface area contributed by atoms with Gasteiger partial charge in [0.05, 0.1) is 18.8 Å². The molecular weight excluding hydrogens is 212 g/mol. The Labute approximate surface area is 95.0 Å². The number of hydrogen-bond acceptors (Lipinski definition) is 5. The molecule has 0 aromatic rings. The predicted molar refractivity (Wildman–Crippen MR) is 56.7 cm³/mol. The molecule has 1 unspecified atom stereocenters. The molecule has 1 rings (SSSR count). The lowest BCUT2D eigenvalue weighted by atomic mass is 10.1. The van der Waals surface area contributed by atoms with Crippen molar-refractivity contribution in [1.82, 2.24) is 0 Å². The third-order valence-electron chi connectivity index (χ3n) is 2.28. The van der Waals surface area contributed by atoms with E-state index in [4.69, 9.17) is 14.2 Å². The van der Waals surface area contributed by atoms with Crippen molar-refractivity contribution >= 4 is 5.97 Å². The molecule has 1 heterocycles. The van der Waals surface area contributed by atoms with Gasteiger partial charge in [-0.3, -0.25) is 0 Å². The maximum absolute atomic E-state index is 11.3. The van der Waals surface area contributed by atoms with Crippen LogP contribution in [0.1, 0.15) is 20.8 Å². The lowest BCUT2D eigenvalue weighted by Gasteiger charge is -2.21. The van der Waals surface area contributed by atoms with E-state index in [1.54, 1.807) is 20.8 Å². The van der Waals surface area contributed by atoms with Crippen LogP contribution in [0.25, 0.3) is 0 Å². The molecule has 1 aliphatic heterocycles. The maximum Gasteiger partial charge on any atom is 0.336 e. The summed E-state index contributed by atoms with van der Waals surface area (Å²) in [4.78, 5) is 11.3. The zero-order valence-electron chi connectivity index (χ0n) is 9.86. The molecule has 5 nitrogen and oxygen atoms in total. The number of aliphatic hydroxyl groups is 1. The first-order valence-corrected chi connectivity index (χ1v) is 5.23. The Hall–Kier alpha value is -0.910. The van der Waals surface area contributed by atoms with Crippen LogP contribution in [0.3, 0.4) is 0 Å². The number of aliphatic hydroxyl groups excluding tert-OH is 1. The summed E-state index contributed by atoms with van der Waals surface area (Å²) < 4.78 is 15.4. The number of carbonyl (C=O) groups excluding carboxylic acids is 1. The van der Waals surface area contributed by atoms with Crippen molar-refractivity contribution in [3.8, 4) is 0 Å². The van der Waals surface area contributed by atoms with Crippen LogP contribution in [-0.4, -0.2) is 42.3 Å². The molecule has 0 aromatic carbocycles. The van der Waals surface area contributed by atoms with Crippen LogP contribution in [-0.2, 0) is 19.0 Å². The molecular formula is C11H18O5. The van der Waals surface area contributed by atoms with Gasteiger partial charge in [-0.2, -0.15) is 0 Å². The Balaban J connectivity index is 2.55. The highest BCUT2D eigenvalue weighted by Crippen LogP contribution is 2.26. The largest absolute Gasteiger partial charge is 0.463 e. The molecule has 2 atom stereocenters. The Morgan fingerprint density at radius 2 is 2.31 bits per heavy atom. The molecule has 5 heteroatoms. The van der Waals surface area contributed by atoms with E-state index in [2.05, 4.69) is 6.58 Å². The summed E-state index contributed by atoms with van der Waals surface area (Å²) in [7, 11) is 0. The molecule has 16 heavy (non-hydrogen) atoms. The first-order chi connectivity index (χ1) is 7.37. The van der Waals surface area contributed by atoms with E-state index in [1.165, 1.54) is 0 Å². The van der Waals surface area contributed by atoms with Gasteiger partial charge < -0.3 is 19.3 Å². The molecule has 0 radical (unpaired) electrons. The van der Waals surface area contributed by atoms with Gasteiger partial charge in [0.2, 0.25) is 0 Å². The summed E-state index contributed by atoms with van der Waals surface area (Å²) in [5.41, 5.74) is -0.00634. The fraction of sp³-hybridized carbons (Fsp3) is 0.727. The van der Waals surface area contributed by atoms with E-state index in [0.29, 0.717) is 0 Å². The van der Waals surface area contributed by atoms with Gasteiger partial charge in [-0.1, -0.05) is 6.58 Å². The van der Waals surface area contributed by atoms with Gasteiger partial charge in [0, 0.05) is 0 Å². The number of rotatable bonds is 4. The summed E-state index contributed by atoms with van der Waals surface area (Å²) in [6.07, 6.45) is -1.67. The standard InChI is InChI=1S/C11H18O5/c1-5-14-10(13)7(2)9(12)8-6-15-11(3,4)16-8/h8-9,12H,2,5-6H2,1,3-4H3/t8-,9?/m1/s1. The van der Waals surface area contributed by atoms with Crippen molar-refractivity contribution in [1.29, 1.82) is 0 Å². The van der Waals surface area contributed by atoms with Gasteiger partial charge in [0.1, 0.15) is 12.2 Å². The second-order valence-corrected chi connectivity index (χ2v) is 4.06. The molecule has 1 aliphatic rings. The molecule has 92 valence electrons. The molecule has 0 saturated carbocycles. The van der Waals surface area contributed by atoms with Gasteiger partial charge in [0.25, 0.3) is 0 Å². The van der Waals surface area contributed by atoms with Crippen LogP contribution in [0.15, 0.2) is 12.2 Å². The number of carbonyl (C=O) groups is 1. The normalized spacial score (nSPS) is 25.1. The molecule has 0 aromatic heterocycles. The highest BCUT2D eigenvalue weighted by atomic mass is 16.7. The fourth-order valence-corrected chi connectivity index (χ4v) is 1.44. The maximum atomic E-state index is 11.3. The van der Waals surface area contributed by atoms with Crippen LogP contribution in [0.4, 0.5) is 0 Å². The fourth-order valence-electron chi connectivity index (χ4n) is 1.44. The molecule has 0 amide bonds. The topological polar surface area (TPSA) is 65.0 Å². The van der Waals surface area contributed by atoms with Gasteiger partial charge >= 0.3 is 5.97 Å². The van der Waals surface area contributed by atoms with E-state index >= 15 is 0 Å².